The van der Waals surface area contributed by atoms with E-state index in [-0.39, 0.29) is 5.92 Å². The Morgan fingerprint density at radius 2 is 1.42 bits per heavy atom. The van der Waals surface area contributed by atoms with Crippen molar-refractivity contribution < 1.29 is 0 Å². The van der Waals surface area contributed by atoms with Crippen molar-refractivity contribution in [1.82, 2.24) is 9.47 Å². The third kappa shape index (κ3) is 4.42. The zero-order chi connectivity index (χ0) is 18.3. The summed E-state index contributed by atoms with van der Waals surface area (Å²) in [5, 5.41) is 9.19. The van der Waals surface area contributed by atoms with Crippen molar-refractivity contribution in [1.29, 1.82) is 5.26 Å². The van der Waals surface area contributed by atoms with Crippen LogP contribution in [0.1, 0.15) is 74.1 Å². The van der Waals surface area contributed by atoms with Gasteiger partial charge in [-0.15, -0.1) is 0 Å². The van der Waals surface area contributed by atoms with Crippen LogP contribution in [0.2, 0.25) is 16.6 Å². The molecule has 3 nitrogen and oxygen atoms in total. The zero-order valence-corrected chi connectivity index (χ0v) is 18.3. The predicted octanol–water partition coefficient (Wildman–Crippen LogP) is 5.46. The lowest BCUT2D eigenvalue weighted by atomic mass is 10.2. The first-order valence-electron chi connectivity index (χ1n) is 10.2. The van der Waals surface area contributed by atoms with E-state index in [0.29, 0.717) is 0 Å². The molecule has 0 aromatic rings. The van der Waals surface area contributed by atoms with Gasteiger partial charge in [-0.05, 0) is 36.5 Å². The molecule has 0 N–H and O–H groups in total. The van der Waals surface area contributed by atoms with E-state index in [9.17, 15) is 5.26 Å². The Bertz CT molecular complexity index is 380. The van der Waals surface area contributed by atoms with E-state index in [2.05, 4.69) is 64.0 Å². The van der Waals surface area contributed by atoms with Gasteiger partial charge in [0.2, 0.25) is 0 Å². The quantitative estimate of drug-likeness (QED) is 0.517. The number of hydrogen-bond donors (Lipinski definition) is 0. The molecule has 0 saturated carbocycles. The first kappa shape index (κ1) is 21.7. The van der Waals surface area contributed by atoms with E-state index < -0.39 is 8.24 Å². The van der Waals surface area contributed by atoms with Gasteiger partial charge < -0.3 is 4.57 Å². The summed E-state index contributed by atoms with van der Waals surface area (Å²) < 4.78 is 2.94. The molecule has 0 aromatic carbocycles. The maximum Gasteiger partial charge on any atom is 0.138 e. The lowest BCUT2D eigenvalue weighted by molar-refractivity contribution is 0.125. The topological polar surface area (TPSA) is 30.3 Å². The van der Waals surface area contributed by atoms with Crippen molar-refractivity contribution in [3.05, 3.63) is 0 Å². The van der Waals surface area contributed by atoms with E-state index in [1.54, 1.807) is 0 Å². The van der Waals surface area contributed by atoms with Crippen molar-refractivity contribution in [2.45, 2.75) is 90.8 Å². The molecule has 1 heterocycles. The molecule has 0 spiro atoms. The largest absolute Gasteiger partial charge is 0.310 e. The lowest BCUT2D eigenvalue weighted by Gasteiger charge is -2.56. The van der Waals surface area contributed by atoms with Crippen LogP contribution in [0.4, 0.5) is 0 Å². The molecule has 0 aliphatic carbocycles. The minimum atomic E-state index is -1.60. The Balaban J connectivity index is 3.15. The van der Waals surface area contributed by atoms with Crippen LogP contribution in [0.5, 0.6) is 0 Å². The standard InChI is InChI=1S/C20H41N3Si/c1-8-18(5)24(19(6)9-2,20(7)10-3)23-13-11-12-22(16-23)15-17(4)14-21/h17-20H,8-13,15-16H2,1-7H3. The van der Waals surface area contributed by atoms with Gasteiger partial charge in [-0.2, -0.15) is 5.26 Å². The molecule has 1 saturated heterocycles. The Hall–Kier alpha value is -0.373. The summed E-state index contributed by atoms with van der Waals surface area (Å²) in [5.41, 5.74) is 2.49. The third-order valence-corrected chi connectivity index (χ3v) is 14.2. The highest BCUT2D eigenvalue weighted by molar-refractivity contribution is 6.81. The van der Waals surface area contributed by atoms with Crippen molar-refractivity contribution in [3.63, 3.8) is 0 Å². The van der Waals surface area contributed by atoms with E-state index in [1.165, 1.54) is 32.2 Å². The van der Waals surface area contributed by atoms with E-state index in [0.717, 1.165) is 36.4 Å². The number of nitrogens with zero attached hydrogens (tertiary/aromatic N) is 3. The molecule has 4 atom stereocenters. The van der Waals surface area contributed by atoms with Crippen LogP contribution < -0.4 is 0 Å². The summed E-state index contributed by atoms with van der Waals surface area (Å²) in [7, 11) is -1.60. The SMILES string of the molecule is CCC(C)[Si](C(C)CC)(C(C)CC)N1CCCN(CC(C)C#N)C1. The minimum Gasteiger partial charge on any atom is -0.310 e. The van der Waals surface area contributed by atoms with Crippen LogP contribution in [0.15, 0.2) is 0 Å². The van der Waals surface area contributed by atoms with E-state index >= 15 is 0 Å². The highest BCUT2D eigenvalue weighted by Gasteiger charge is 2.51. The first-order chi connectivity index (χ1) is 11.4. The molecule has 1 aliphatic rings. The molecule has 4 unspecified atom stereocenters. The summed E-state index contributed by atoms with van der Waals surface area (Å²) in [6, 6.07) is 2.42. The van der Waals surface area contributed by atoms with Gasteiger partial charge >= 0.3 is 0 Å². The summed E-state index contributed by atoms with van der Waals surface area (Å²) in [5.74, 6) is 0.136. The van der Waals surface area contributed by atoms with Crippen molar-refractivity contribution in [2.75, 3.05) is 26.3 Å². The van der Waals surface area contributed by atoms with Crippen LogP contribution in [-0.2, 0) is 0 Å². The Labute approximate surface area is 152 Å². The molecule has 0 aromatic heterocycles. The van der Waals surface area contributed by atoms with E-state index in [1.807, 2.05) is 0 Å². The second-order valence-electron chi connectivity index (χ2n) is 8.18. The van der Waals surface area contributed by atoms with Gasteiger partial charge in [0.1, 0.15) is 8.24 Å². The van der Waals surface area contributed by atoms with Gasteiger partial charge in [-0.1, -0.05) is 60.8 Å². The van der Waals surface area contributed by atoms with Crippen LogP contribution in [0.3, 0.4) is 0 Å². The molecule has 0 amide bonds. The fourth-order valence-corrected chi connectivity index (χ4v) is 12.9. The molecule has 1 aliphatic heterocycles. The summed E-state index contributed by atoms with van der Waals surface area (Å²) in [4.78, 5) is 2.55. The molecular weight excluding hydrogens is 310 g/mol. The Morgan fingerprint density at radius 3 is 1.83 bits per heavy atom. The highest BCUT2D eigenvalue weighted by atomic mass is 28.3. The molecule has 1 rings (SSSR count). The molecule has 1 fully saturated rings. The molecule has 0 radical (unpaired) electrons. The third-order valence-electron chi connectivity index (χ3n) is 6.78. The smallest absolute Gasteiger partial charge is 0.138 e. The second kappa shape index (κ2) is 9.94. The molecular formula is C20H41N3Si. The summed E-state index contributed by atoms with van der Waals surface area (Å²) >= 11 is 0. The number of rotatable bonds is 9. The first-order valence-corrected chi connectivity index (χ1v) is 12.4. The normalized spacial score (nSPS) is 24.6. The summed E-state index contributed by atoms with van der Waals surface area (Å²) in [6.45, 7) is 21.3. The predicted molar refractivity (Wildman–Crippen MR) is 107 cm³/mol. The van der Waals surface area contributed by atoms with Crippen LogP contribution in [0, 0.1) is 17.2 Å². The maximum atomic E-state index is 9.19. The van der Waals surface area contributed by atoms with Gasteiger partial charge in [-0.3, -0.25) is 4.90 Å². The van der Waals surface area contributed by atoms with Crippen LogP contribution in [-0.4, -0.2) is 44.0 Å². The molecule has 140 valence electrons. The fraction of sp³-hybridized carbons (Fsp3) is 0.950. The average Bonchev–Trinajstić information content (AvgIpc) is 2.61. The minimum absolute atomic E-state index is 0.136. The average molecular weight is 352 g/mol. The summed E-state index contributed by atoms with van der Waals surface area (Å²) in [6.07, 6.45) is 5.15. The van der Waals surface area contributed by atoms with Crippen molar-refractivity contribution >= 4 is 8.24 Å². The van der Waals surface area contributed by atoms with Crippen molar-refractivity contribution in [2.24, 2.45) is 5.92 Å². The lowest BCUT2D eigenvalue weighted by Crippen LogP contribution is -2.65. The Morgan fingerprint density at radius 1 is 0.917 bits per heavy atom. The molecule has 24 heavy (non-hydrogen) atoms. The van der Waals surface area contributed by atoms with Crippen LogP contribution >= 0.6 is 0 Å². The zero-order valence-electron chi connectivity index (χ0n) is 17.3. The van der Waals surface area contributed by atoms with Crippen LogP contribution in [0.25, 0.3) is 0 Å². The van der Waals surface area contributed by atoms with Gasteiger partial charge in [0.05, 0.1) is 12.0 Å². The number of hydrogen-bond acceptors (Lipinski definition) is 3. The fourth-order valence-electron chi connectivity index (χ4n) is 5.13. The van der Waals surface area contributed by atoms with Gasteiger partial charge in [0, 0.05) is 19.8 Å². The monoisotopic (exact) mass is 351 g/mol. The Kier molecular flexibility index (Phi) is 8.98. The van der Waals surface area contributed by atoms with Gasteiger partial charge in [0.25, 0.3) is 0 Å². The molecule has 0 bridgehead atoms. The number of nitriles is 1. The van der Waals surface area contributed by atoms with Gasteiger partial charge in [0.15, 0.2) is 0 Å². The van der Waals surface area contributed by atoms with Crippen molar-refractivity contribution in [3.8, 4) is 6.07 Å². The van der Waals surface area contributed by atoms with Gasteiger partial charge in [-0.25, -0.2) is 0 Å². The van der Waals surface area contributed by atoms with E-state index in [4.69, 9.17) is 0 Å². The second-order valence-corrected chi connectivity index (χ2v) is 13.5. The molecule has 4 heteroatoms. The maximum absolute atomic E-state index is 9.19. The highest BCUT2D eigenvalue weighted by Crippen LogP contribution is 2.48.